The van der Waals surface area contributed by atoms with Crippen LogP contribution >= 0.6 is 11.3 Å². The Morgan fingerprint density at radius 3 is 2.35 bits per heavy atom. The number of nitrogens with zero attached hydrogens (tertiary/aromatic N) is 3. The van der Waals surface area contributed by atoms with Gasteiger partial charge >= 0.3 is 6.18 Å². The zero-order valence-electron chi connectivity index (χ0n) is 14.5. The number of piperidine rings is 1. The van der Waals surface area contributed by atoms with Crippen LogP contribution in [-0.2, 0) is 16.2 Å². The first-order chi connectivity index (χ1) is 12.0. The Morgan fingerprint density at radius 1 is 1.19 bits per heavy atom. The third kappa shape index (κ3) is 3.94. The molecule has 0 aromatic carbocycles. The summed E-state index contributed by atoms with van der Waals surface area (Å²) < 4.78 is 64.9. The van der Waals surface area contributed by atoms with Crippen molar-refractivity contribution in [3.63, 3.8) is 0 Å². The summed E-state index contributed by atoms with van der Waals surface area (Å²) in [7, 11) is -3.31. The molecule has 6 nitrogen and oxygen atoms in total. The fraction of sp³-hybridized carbons (Fsp3) is 0.600. The Morgan fingerprint density at radius 2 is 1.81 bits per heavy atom. The first-order valence-electron chi connectivity index (χ1n) is 8.03. The van der Waals surface area contributed by atoms with Gasteiger partial charge in [-0.3, -0.25) is 0 Å². The molecule has 11 heteroatoms. The summed E-state index contributed by atoms with van der Waals surface area (Å²) in [6.07, 6.45) is -2.52. The zero-order valence-corrected chi connectivity index (χ0v) is 16.1. The monoisotopic (exact) mass is 408 g/mol. The largest absolute Gasteiger partial charge is 0.451 e. The van der Waals surface area contributed by atoms with Crippen LogP contribution in [0.5, 0.6) is 0 Å². The third-order valence-electron chi connectivity index (χ3n) is 4.44. The van der Waals surface area contributed by atoms with Gasteiger partial charge in [0.2, 0.25) is 15.8 Å². The van der Waals surface area contributed by atoms with E-state index in [-0.39, 0.29) is 11.9 Å². The second-order valence-corrected chi connectivity index (χ2v) is 9.47. The molecule has 1 saturated heterocycles. The molecule has 0 saturated carbocycles. The Balaban J connectivity index is 1.97. The number of thiophene rings is 1. The summed E-state index contributed by atoms with van der Waals surface area (Å²) in [5.41, 5.74) is 0.880. The van der Waals surface area contributed by atoms with Crippen LogP contribution < -0.4 is 9.62 Å². The number of hydrogen-bond donors (Lipinski definition) is 1. The molecule has 0 radical (unpaired) electrons. The highest BCUT2D eigenvalue weighted by molar-refractivity contribution is 7.88. The van der Waals surface area contributed by atoms with E-state index in [1.165, 1.54) is 11.3 Å². The molecule has 2 aromatic rings. The maximum absolute atomic E-state index is 13.2. The molecule has 144 valence electrons. The zero-order chi connectivity index (χ0) is 19.3. The quantitative estimate of drug-likeness (QED) is 0.845. The molecule has 2 aromatic heterocycles. The van der Waals surface area contributed by atoms with E-state index < -0.39 is 22.0 Å². The van der Waals surface area contributed by atoms with Crippen molar-refractivity contribution in [1.82, 2.24) is 14.7 Å². The lowest BCUT2D eigenvalue weighted by Gasteiger charge is -2.33. The summed E-state index contributed by atoms with van der Waals surface area (Å²) in [4.78, 5) is 10.6. The molecule has 0 aliphatic carbocycles. The average Bonchev–Trinajstić information content (AvgIpc) is 2.80. The SMILES string of the molecule is Cc1sc2nc(C(F)(F)F)nc(N3CCC(NS(C)(=O)=O)CC3)c2c1C. The number of alkyl halides is 3. The Labute approximate surface area is 153 Å². The number of sulfonamides is 1. The predicted molar refractivity (Wildman–Crippen MR) is 95.1 cm³/mol. The number of halogens is 3. The minimum Gasteiger partial charge on any atom is -0.356 e. The minimum atomic E-state index is -4.62. The standard InChI is InChI=1S/C15H19F3N4O2S2/c1-8-9(2)25-13-11(8)12(19-14(20-13)15(16,17)18)22-6-4-10(5-7-22)21-26(3,23)24/h10,21H,4-7H2,1-3H3. The van der Waals surface area contributed by atoms with Crippen molar-refractivity contribution < 1.29 is 21.6 Å². The average molecular weight is 408 g/mol. The highest BCUT2D eigenvalue weighted by Gasteiger charge is 2.37. The van der Waals surface area contributed by atoms with Crippen molar-refractivity contribution in [2.45, 2.75) is 38.9 Å². The Kier molecular flexibility index (Phi) is 4.91. The maximum atomic E-state index is 13.2. The van der Waals surface area contributed by atoms with E-state index in [2.05, 4.69) is 14.7 Å². The third-order valence-corrected chi connectivity index (χ3v) is 6.30. The van der Waals surface area contributed by atoms with Crippen molar-refractivity contribution in [3.05, 3.63) is 16.3 Å². The van der Waals surface area contributed by atoms with Gasteiger partial charge in [0.15, 0.2) is 0 Å². The molecule has 26 heavy (non-hydrogen) atoms. The van der Waals surface area contributed by atoms with Gasteiger partial charge in [0, 0.05) is 24.0 Å². The first kappa shape index (κ1) is 19.3. The number of aryl methyl sites for hydroxylation is 2. The minimum absolute atomic E-state index is 0.217. The molecule has 1 fully saturated rings. The number of rotatable bonds is 3. The van der Waals surface area contributed by atoms with Crippen LogP contribution in [0.3, 0.4) is 0 Å². The molecule has 3 rings (SSSR count). The highest BCUT2D eigenvalue weighted by atomic mass is 32.2. The van der Waals surface area contributed by atoms with E-state index >= 15 is 0 Å². The Bertz CT molecular complexity index is 932. The van der Waals surface area contributed by atoms with E-state index in [1.54, 1.807) is 4.90 Å². The molecule has 1 N–H and O–H groups in total. The van der Waals surface area contributed by atoms with Crippen LogP contribution in [0.1, 0.15) is 29.1 Å². The van der Waals surface area contributed by atoms with Crippen molar-refractivity contribution in [1.29, 1.82) is 0 Å². The molecule has 3 heterocycles. The topological polar surface area (TPSA) is 75.2 Å². The summed E-state index contributed by atoms with van der Waals surface area (Å²) >= 11 is 1.23. The van der Waals surface area contributed by atoms with Crippen LogP contribution in [0.15, 0.2) is 0 Å². The molecular weight excluding hydrogens is 389 g/mol. The molecule has 0 spiro atoms. The van der Waals surface area contributed by atoms with Gasteiger partial charge < -0.3 is 4.90 Å². The molecule has 0 amide bonds. The lowest BCUT2D eigenvalue weighted by molar-refractivity contribution is -0.144. The summed E-state index contributed by atoms with van der Waals surface area (Å²) in [5.74, 6) is -0.861. The van der Waals surface area contributed by atoms with E-state index in [4.69, 9.17) is 0 Å². The van der Waals surface area contributed by atoms with Gasteiger partial charge in [-0.15, -0.1) is 11.3 Å². The first-order valence-corrected chi connectivity index (χ1v) is 10.7. The van der Waals surface area contributed by atoms with Crippen molar-refractivity contribution in [3.8, 4) is 0 Å². The summed E-state index contributed by atoms with van der Waals surface area (Å²) in [5, 5.41) is 0.648. The van der Waals surface area contributed by atoms with Gasteiger partial charge in [-0.2, -0.15) is 13.2 Å². The number of hydrogen-bond acceptors (Lipinski definition) is 6. The molecule has 0 bridgehead atoms. The molecule has 0 atom stereocenters. The van der Waals surface area contributed by atoms with E-state index in [0.717, 1.165) is 16.7 Å². The number of anilines is 1. The lowest BCUT2D eigenvalue weighted by atomic mass is 10.1. The fourth-order valence-electron chi connectivity index (χ4n) is 3.10. The number of fused-ring (bicyclic) bond motifs is 1. The van der Waals surface area contributed by atoms with E-state index in [0.29, 0.717) is 36.1 Å². The summed E-state index contributed by atoms with van der Waals surface area (Å²) in [6.45, 7) is 4.54. The van der Waals surface area contributed by atoms with Crippen LogP contribution in [0, 0.1) is 13.8 Å². The molecule has 0 unspecified atom stereocenters. The fourth-order valence-corrected chi connectivity index (χ4v) is 4.96. The van der Waals surface area contributed by atoms with Crippen molar-refractivity contribution in [2.24, 2.45) is 0 Å². The van der Waals surface area contributed by atoms with Crippen molar-refractivity contribution in [2.75, 3.05) is 24.2 Å². The normalized spacial score (nSPS) is 17.2. The van der Waals surface area contributed by atoms with Gasteiger partial charge in [-0.05, 0) is 32.3 Å². The van der Waals surface area contributed by atoms with Gasteiger partial charge in [0.25, 0.3) is 0 Å². The van der Waals surface area contributed by atoms with Crippen LogP contribution in [0.25, 0.3) is 10.2 Å². The second-order valence-electron chi connectivity index (χ2n) is 6.48. The molecular formula is C15H19F3N4O2S2. The smallest absolute Gasteiger partial charge is 0.356 e. The predicted octanol–water partition coefficient (Wildman–Crippen LogP) is 2.84. The highest BCUT2D eigenvalue weighted by Crippen LogP contribution is 2.38. The van der Waals surface area contributed by atoms with Gasteiger partial charge in [-0.1, -0.05) is 0 Å². The Hall–Kier alpha value is -1.46. The van der Waals surface area contributed by atoms with Crippen LogP contribution in [-0.4, -0.2) is 43.8 Å². The molecule has 1 aliphatic rings. The van der Waals surface area contributed by atoms with Gasteiger partial charge in [0.1, 0.15) is 10.6 Å². The van der Waals surface area contributed by atoms with Gasteiger partial charge in [-0.25, -0.2) is 23.1 Å². The maximum Gasteiger partial charge on any atom is 0.451 e. The van der Waals surface area contributed by atoms with Gasteiger partial charge in [0.05, 0.1) is 11.6 Å². The summed E-state index contributed by atoms with van der Waals surface area (Å²) in [6, 6.07) is -0.217. The van der Waals surface area contributed by atoms with Crippen LogP contribution in [0.2, 0.25) is 0 Å². The second kappa shape index (κ2) is 6.61. The van der Waals surface area contributed by atoms with E-state index in [9.17, 15) is 21.6 Å². The van der Waals surface area contributed by atoms with E-state index in [1.807, 2.05) is 13.8 Å². The number of aromatic nitrogens is 2. The van der Waals surface area contributed by atoms with Crippen molar-refractivity contribution >= 4 is 37.4 Å². The lowest BCUT2D eigenvalue weighted by Crippen LogP contribution is -2.44. The van der Waals surface area contributed by atoms with Crippen LogP contribution in [0.4, 0.5) is 19.0 Å². The molecule has 1 aliphatic heterocycles. The number of nitrogens with one attached hydrogen (secondary N) is 1.